The van der Waals surface area contributed by atoms with Crippen LogP contribution in [0, 0.1) is 0 Å². The first-order valence-electron chi connectivity index (χ1n) is 20.3. The second kappa shape index (κ2) is 12.8. The number of fused-ring (bicyclic) bond motifs is 7. The van der Waals surface area contributed by atoms with Crippen LogP contribution in [0.25, 0.3) is 87.6 Å². The molecule has 0 aliphatic heterocycles. The quantitative estimate of drug-likeness (QED) is 0.159. The SMILES string of the molecule is CC(C)(C)c1ccc2c(c1)CCc1cc(-c3ccc4c(-c5cccc6ccccc56)c5cc(C(C)(C)C)ccc5c(-c5cccc6ccccc56)c4c3)ccc1-2. The zero-order valence-electron chi connectivity index (χ0n) is 33.4. The normalized spacial score (nSPS) is 13.0. The van der Waals surface area contributed by atoms with Gasteiger partial charge in [0.15, 0.2) is 0 Å². The molecule has 0 radical (unpaired) electrons. The van der Waals surface area contributed by atoms with Gasteiger partial charge in [-0.1, -0.05) is 187 Å². The van der Waals surface area contributed by atoms with E-state index < -0.39 is 0 Å². The van der Waals surface area contributed by atoms with Gasteiger partial charge in [0.25, 0.3) is 0 Å². The van der Waals surface area contributed by atoms with Crippen LogP contribution in [0.2, 0.25) is 0 Å². The minimum absolute atomic E-state index is 0.00444. The summed E-state index contributed by atoms with van der Waals surface area (Å²) in [6, 6.07) is 60.2. The summed E-state index contributed by atoms with van der Waals surface area (Å²) in [4.78, 5) is 0. The molecule has 0 N–H and O–H groups in total. The average Bonchev–Trinajstić information content (AvgIpc) is 3.21. The Morgan fingerprint density at radius 3 is 1.38 bits per heavy atom. The van der Waals surface area contributed by atoms with Crippen molar-refractivity contribution in [2.75, 3.05) is 0 Å². The van der Waals surface area contributed by atoms with Crippen LogP contribution < -0.4 is 0 Å². The minimum atomic E-state index is 0.00444. The van der Waals surface area contributed by atoms with Gasteiger partial charge in [0.05, 0.1) is 0 Å². The molecule has 0 saturated carbocycles. The van der Waals surface area contributed by atoms with E-state index >= 15 is 0 Å². The highest BCUT2D eigenvalue weighted by atomic mass is 14.3. The van der Waals surface area contributed by atoms with Crippen molar-refractivity contribution in [1.82, 2.24) is 0 Å². The second-order valence-corrected chi connectivity index (χ2v) is 18.1. The second-order valence-electron chi connectivity index (χ2n) is 18.1. The van der Waals surface area contributed by atoms with Crippen molar-refractivity contribution in [3.8, 4) is 44.5 Å². The van der Waals surface area contributed by atoms with Crippen molar-refractivity contribution in [3.05, 3.63) is 180 Å². The van der Waals surface area contributed by atoms with Crippen molar-refractivity contribution >= 4 is 43.1 Å². The van der Waals surface area contributed by atoms with Crippen LogP contribution in [0.1, 0.15) is 63.8 Å². The highest BCUT2D eigenvalue weighted by molar-refractivity contribution is 6.25. The molecule has 272 valence electrons. The fourth-order valence-corrected chi connectivity index (χ4v) is 9.38. The maximum Gasteiger partial charge on any atom is -0.00199 e. The summed E-state index contributed by atoms with van der Waals surface area (Å²) in [7, 11) is 0. The first-order chi connectivity index (χ1) is 27.0. The lowest BCUT2D eigenvalue weighted by Crippen LogP contribution is -2.13. The van der Waals surface area contributed by atoms with E-state index in [2.05, 4.69) is 199 Å². The molecule has 0 heteroatoms. The highest BCUT2D eigenvalue weighted by Crippen LogP contribution is 2.49. The van der Waals surface area contributed by atoms with Gasteiger partial charge < -0.3 is 0 Å². The molecule has 0 unspecified atom stereocenters. The van der Waals surface area contributed by atoms with Crippen molar-refractivity contribution in [3.63, 3.8) is 0 Å². The molecule has 9 aromatic carbocycles. The van der Waals surface area contributed by atoms with Crippen LogP contribution in [-0.2, 0) is 23.7 Å². The first kappa shape index (κ1) is 34.5. The van der Waals surface area contributed by atoms with E-state index in [9.17, 15) is 0 Å². The molecule has 56 heavy (non-hydrogen) atoms. The molecule has 0 nitrogen and oxygen atoms in total. The van der Waals surface area contributed by atoms with E-state index in [1.165, 1.54) is 110 Å². The van der Waals surface area contributed by atoms with Gasteiger partial charge in [0.2, 0.25) is 0 Å². The molecular formula is C56H48. The number of aryl methyl sites for hydroxylation is 2. The van der Waals surface area contributed by atoms with Gasteiger partial charge in [-0.3, -0.25) is 0 Å². The molecular weight excluding hydrogens is 673 g/mol. The minimum Gasteiger partial charge on any atom is -0.0616 e. The van der Waals surface area contributed by atoms with E-state index in [0.717, 1.165) is 12.8 Å². The third-order valence-corrected chi connectivity index (χ3v) is 12.5. The molecule has 1 aliphatic carbocycles. The van der Waals surface area contributed by atoms with Crippen molar-refractivity contribution < 1.29 is 0 Å². The van der Waals surface area contributed by atoms with Gasteiger partial charge >= 0.3 is 0 Å². The van der Waals surface area contributed by atoms with Crippen LogP contribution in [0.3, 0.4) is 0 Å². The largest absolute Gasteiger partial charge is 0.0616 e. The summed E-state index contributed by atoms with van der Waals surface area (Å²) in [5.41, 5.74) is 16.3. The third-order valence-electron chi connectivity index (χ3n) is 12.5. The van der Waals surface area contributed by atoms with Gasteiger partial charge in [-0.2, -0.15) is 0 Å². The van der Waals surface area contributed by atoms with E-state index in [0.29, 0.717) is 0 Å². The Kier molecular flexibility index (Phi) is 7.88. The predicted molar refractivity (Wildman–Crippen MR) is 243 cm³/mol. The monoisotopic (exact) mass is 720 g/mol. The predicted octanol–water partition coefficient (Wildman–Crippen LogP) is 15.7. The molecule has 0 bridgehead atoms. The summed E-state index contributed by atoms with van der Waals surface area (Å²) in [5, 5.41) is 10.3. The molecule has 0 aromatic heterocycles. The van der Waals surface area contributed by atoms with E-state index in [1.807, 2.05) is 0 Å². The van der Waals surface area contributed by atoms with Gasteiger partial charge in [-0.05, 0) is 146 Å². The lowest BCUT2D eigenvalue weighted by Gasteiger charge is -2.25. The Labute approximate surface area is 331 Å². The van der Waals surface area contributed by atoms with Gasteiger partial charge in [0, 0.05) is 0 Å². The third kappa shape index (κ3) is 5.65. The number of hydrogen-bond acceptors (Lipinski definition) is 0. The van der Waals surface area contributed by atoms with Crippen molar-refractivity contribution in [2.45, 2.75) is 65.2 Å². The molecule has 1 aliphatic rings. The zero-order valence-corrected chi connectivity index (χ0v) is 33.4. The zero-order chi connectivity index (χ0) is 38.3. The molecule has 0 fully saturated rings. The molecule has 0 heterocycles. The number of rotatable bonds is 3. The number of hydrogen-bond donors (Lipinski definition) is 0. The first-order valence-corrected chi connectivity index (χ1v) is 20.3. The van der Waals surface area contributed by atoms with Crippen LogP contribution >= 0.6 is 0 Å². The lowest BCUT2D eigenvalue weighted by molar-refractivity contribution is 0.589. The highest BCUT2D eigenvalue weighted by Gasteiger charge is 2.24. The van der Waals surface area contributed by atoms with Crippen LogP contribution in [0.5, 0.6) is 0 Å². The molecule has 10 rings (SSSR count). The molecule has 9 aromatic rings. The topological polar surface area (TPSA) is 0 Å². The smallest absolute Gasteiger partial charge is 0.00199 e. The van der Waals surface area contributed by atoms with Crippen LogP contribution in [-0.4, -0.2) is 0 Å². The van der Waals surface area contributed by atoms with Gasteiger partial charge in [-0.15, -0.1) is 0 Å². The number of benzene rings is 9. The van der Waals surface area contributed by atoms with Crippen molar-refractivity contribution in [1.29, 1.82) is 0 Å². The summed E-state index contributed by atoms with van der Waals surface area (Å²) < 4.78 is 0. The van der Waals surface area contributed by atoms with Crippen LogP contribution in [0.15, 0.2) is 158 Å². The standard InChI is InChI=1S/C56H48/c1-55(2,3)41-25-29-46-40(32-41)22-21-39-31-37(23-27-45(39)46)38-24-28-49-51(33-38)53(47-19-11-15-35-13-7-9-17-43(35)47)50-30-26-42(56(4,5)6)34-52(50)54(49)48-20-12-16-36-14-8-10-18-44(36)48/h7-20,23-34H,21-22H2,1-6H3. The Morgan fingerprint density at radius 2 is 0.768 bits per heavy atom. The Bertz CT molecular complexity index is 3020. The Hall–Kier alpha value is -5.98. The van der Waals surface area contributed by atoms with Gasteiger partial charge in [-0.25, -0.2) is 0 Å². The molecule has 0 spiro atoms. The fourth-order valence-electron chi connectivity index (χ4n) is 9.38. The molecule has 0 saturated heterocycles. The van der Waals surface area contributed by atoms with Crippen molar-refractivity contribution in [2.24, 2.45) is 0 Å². The Morgan fingerprint density at radius 1 is 0.321 bits per heavy atom. The molecule has 0 amide bonds. The van der Waals surface area contributed by atoms with E-state index in [4.69, 9.17) is 0 Å². The average molecular weight is 721 g/mol. The lowest BCUT2D eigenvalue weighted by atomic mass is 9.79. The molecule has 0 atom stereocenters. The summed E-state index contributed by atoms with van der Waals surface area (Å²) in [6.07, 6.45) is 2.14. The van der Waals surface area contributed by atoms with Crippen LogP contribution in [0.4, 0.5) is 0 Å². The summed E-state index contributed by atoms with van der Waals surface area (Å²) in [5.74, 6) is 0. The summed E-state index contributed by atoms with van der Waals surface area (Å²) in [6.45, 7) is 13.9. The Balaban J connectivity index is 1.27. The van der Waals surface area contributed by atoms with E-state index in [-0.39, 0.29) is 10.8 Å². The van der Waals surface area contributed by atoms with Gasteiger partial charge in [0.1, 0.15) is 0 Å². The van der Waals surface area contributed by atoms with E-state index in [1.54, 1.807) is 0 Å². The fraction of sp³-hybridized carbons (Fsp3) is 0.179. The maximum absolute atomic E-state index is 2.49. The summed E-state index contributed by atoms with van der Waals surface area (Å²) >= 11 is 0. The maximum atomic E-state index is 2.49.